The van der Waals surface area contributed by atoms with Crippen molar-refractivity contribution in [2.75, 3.05) is 9.80 Å². The molecule has 2 heterocycles. The van der Waals surface area contributed by atoms with Crippen LogP contribution >= 0.6 is 0 Å². The van der Waals surface area contributed by atoms with Crippen molar-refractivity contribution in [2.45, 2.75) is 6.61 Å². The van der Waals surface area contributed by atoms with Crippen molar-refractivity contribution in [1.29, 1.82) is 0 Å². The summed E-state index contributed by atoms with van der Waals surface area (Å²) in [7, 11) is 0. The zero-order valence-electron chi connectivity index (χ0n) is 26.8. The molecule has 0 unspecified atom stereocenters. The lowest BCUT2D eigenvalue weighted by molar-refractivity contribution is -0.253. The Hall–Kier alpha value is -7.15. The second-order valence-electron chi connectivity index (χ2n) is 11.9. The van der Waals surface area contributed by atoms with Crippen LogP contribution in [0.1, 0.15) is 57.4 Å². The fourth-order valence-electron chi connectivity index (χ4n) is 6.28. The highest BCUT2D eigenvalue weighted by molar-refractivity contribution is 6.35. The van der Waals surface area contributed by atoms with Crippen LogP contribution in [-0.2, 0) is 11.5 Å². The molecule has 0 radical (unpaired) electrons. The van der Waals surface area contributed by atoms with Crippen molar-refractivity contribution in [3.05, 3.63) is 155 Å². The highest BCUT2D eigenvalue weighted by Gasteiger charge is 2.38. The van der Waals surface area contributed by atoms with Crippen LogP contribution in [0.25, 0.3) is 10.8 Å². The van der Waals surface area contributed by atoms with Crippen molar-refractivity contribution in [3.8, 4) is 23.0 Å². The van der Waals surface area contributed by atoms with E-state index in [9.17, 15) is 29.1 Å². The zero-order chi connectivity index (χ0) is 36.1. The first-order valence-corrected chi connectivity index (χ1v) is 15.8. The number of carboxylic acid groups (broad SMARTS) is 1. The highest BCUT2D eigenvalue weighted by Crippen LogP contribution is 2.38. The molecule has 0 saturated heterocycles. The van der Waals surface area contributed by atoms with Gasteiger partial charge in [0, 0.05) is 11.5 Å². The Morgan fingerprint density at radius 3 is 1.73 bits per heavy atom. The fraction of sp³-hybridized carbons (Fsp3) is 0.0250. The minimum atomic E-state index is -1.20. The number of aromatic carboxylic acids is 1. The van der Waals surface area contributed by atoms with Crippen LogP contribution in [0.3, 0.4) is 0 Å². The van der Waals surface area contributed by atoms with Crippen LogP contribution in [0.2, 0.25) is 0 Å². The van der Waals surface area contributed by atoms with Crippen LogP contribution < -0.4 is 19.3 Å². The van der Waals surface area contributed by atoms with Crippen molar-refractivity contribution in [1.82, 2.24) is 0 Å². The number of amides is 4. The average molecular weight is 693 g/mol. The van der Waals surface area contributed by atoms with Crippen LogP contribution in [0.15, 0.2) is 121 Å². The van der Waals surface area contributed by atoms with Gasteiger partial charge in [0.15, 0.2) is 0 Å². The maximum Gasteiger partial charge on any atom is 0.335 e. The van der Waals surface area contributed by atoms with Gasteiger partial charge in [0.2, 0.25) is 0 Å². The number of nitrogens with zero attached hydrogens (tertiary/aromatic N) is 2. The number of carbonyl (C=O) groups is 5. The number of benzene rings is 6. The van der Waals surface area contributed by atoms with E-state index < -0.39 is 29.6 Å². The third kappa shape index (κ3) is 5.50. The summed E-state index contributed by atoms with van der Waals surface area (Å²) < 4.78 is 12.5. The molecule has 52 heavy (non-hydrogen) atoms. The second kappa shape index (κ2) is 12.6. The average Bonchev–Trinajstić information content (AvgIpc) is 3.55. The lowest BCUT2D eigenvalue weighted by atomic mass is 10.1. The Morgan fingerprint density at radius 2 is 1.12 bits per heavy atom. The maximum absolute atomic E-state index is 13.2. The summed E-state index contributed by atoms with van der Waals surface area (Å²) in [6.07, 6.45) is 0. The molecule has 12 heteroatoms. The smallest absolute Gasteiger partial charge is 0.335 e. The third-order valence-electron chi connectivity index (χ3n) is 8.77. The van der Waals surface area contributed by atoms with Gasteiger partial charge in [0.1, 0.15) is 29.6 Å². The van der Waals surface area contributed by atoms with E-state index in [1.807, 2.05) is 30.3 Å². The van der Waals surface area contributed by atoms with E-state index in [4.69, 9.17) is 14.7 Å². The predicted molar refractivity (Wildman–Crippen MR) is 187 cm³/mol. The number of fused-ring (bicyclic) bond motifs is 3. The third-order valence-corrected chi connectivity index (χ3v) is 8.77. The van der Waals surface area contributed by atoms with Crippen LogP contribution in [0.5, 0.6) is 23.0 Å². The van der Waals surface area contributed by atoms with E-state index in [-0.39, 0.29) is 34.4 Å². The SMILES string of the molecule is O=C(O)c1ccc2c(c1)C(=O)N(c1ccc(Oc3cc(Oc4ccc(N5C(=O)c6ccc(COO)cc6C5=O)cc4)c4ccccc4c3)cc1)C2=O. The highest BCUT2D eigenvalue weighted by atomic mass is 17.1. The standard InChI is InChI=1S/C40H24N2O10/c43-36-31-15-5-22(21-50-49)17-33(31)38(45)41(36)26-9-13-28(14-10-26)52-35-20-29(18-23-3-1-2-4-30(23)35)51-27-11-7-25(8-12-27)42-37(44)32-16-6-24(40(47)48)19-34(32)39(42)46/h1-20,49H,21H2,(H,47,48). The molecular weight excluding hydrogens is 668 g/mol. The molecule has 8 rings (SSSR count). The first kappa shape index (κ1) is 32.1. The van der Waals surface area contributed by atoms with Gasteiger partial charge in [-0.3, -0.25) is 24.4 Å². The van der Waals surface area contributed by atoms with Gasteiger partial charge in [-0.05, 0) is 95.9 Å². The van der Waals surface area contributed by atoms with E-state index >= 15 is 0 Å². The van der Waals surface area contributed by atoms with E-state index in [0.717, 1.165) is 20.6 Å². The van der Waals surface area contributed by atoms with Crippen LogP contribution in [0.4, 0.5) is 11.4 Å². The molecule has 0 spiro atoms. The van der Waals surface area contributed by atoms with Crippen molar-refractivity contribution >= 4 is 51.7 Å². The molecule has 12 nitrogen and oxygen atoms in total. The van der Waals surface area contributed by atoms with Gasteiger partial charge in [0.25, 0.3) is 23.6 Å². The predicted octanol–water partition coefficient (Wildman–Crippen LogP) is 7.71. The first-order chi connectivity index (χ1) is 25.2. The van der Waals surface area contributed by atoms with Gasteiger partial charge in [-0.15, -0.1) is 0 Å². The second-order valence-corrected chi connectivity index (χ2v) is 11.9. The Kier molecular flexibility index (Phi) is 7.79. The molecule has 6 aromatic rings. The molecule has 2 aliphatic heterocycles. The fourth-order valence-corrected chi connectivity index (χ4v) is 6.28. The van der Waals surface area contributed by atoms with Gasteiger partial charge < -0.3 is 14.6 Å². The molecule has 4 amide bonds. The molecule has 0 fully saturated rings. The van der Waals surface area contributed by atoms with E-state index in [2.05, 4.69) is 4.89 Å². The summed E-state index contributed by atoms with van der Waals surface area (Å²) in [6, 6.07) is 32.4. The number of imide groups is 2. The number of rotatable bonds is 9. The molecule has 0 saturated carbocycles. The van der Waals surface area contributed by atoms with Gasteiger partial charge in [-0.2, -0.15) is 0 Å². The number of carbonyl (C=O) groups excluding carboxylic acids is 4. The number of carboxylic acids is 1. The monoisotopic (exact) mass is 692 g/mol. The quantitative estimate of drug-likeness (QED) is 0.0873. The van der Waals surface area contributed by atoms with Crippen molar-refractivity contribution < 1.29 is 48.7 Å². The number of hydrogen-bond donors (Lipinski definition) is 2. The van der Waals surface area contributed by atoms with Gasteiger partial charge in [0.05, 0.1) is 39.2 Å². The largest absolute Gasteiger partial charge is 0.478 e. The topological polar surface area (TPSA) is 160 Å². The van der Waals surface area contributed by atoms with Gasteiger partial charge in [-0.1, -0.05) is 30.3 Å². The first-order valence-electron chi connectivity index (χ1n) is 15.8. The summed E-state index contributed by atoms with van der Waals surface area (Å²) >= 11 is 0. The van der Waals surface area contributed by atoms with Crippen LogP contribution in [0, 0.1) is 0 Å². The molecule has 0 bridgehead atoms. The molecule has 2 N–H and O–H groups in total. The van der Waals surface area contributed by atoms with Gasteiger partial charge in [-0.25, -0.2) is 19.5 Å². The lowest BCUT2D eigenvalue weighted by Gasteiger charge is -2.16. The molecule has 0 atom stereocenters. The zero-order valence-corrected chi connectivity index (χ0v) is 26.8. The lowest BCUT2D eigenvalue weighted by Crippen LogP contribution is -2.29. The normalized spacial score (nSPS) is 13.5. The molecule has 254 valence electrons. The Labute approximate surface area is 294 Å². The molecule has 0 aliphatic carbocycles. The summed E-state index contributed by atoms with van der Waals surface area (Å²) in [4.78, 5) is 70.0. The summed E-state index contributed by atoms with van der Waals surface area (Å²) in [5.74, 6) is -1.56. The Bertz CT molecular complexity index is 2490. The molecule has 6 aromatic carbocycles. The minimum Gasteiger partial charge on any atom is -0.478 e. The Balaban J connectivity index is 1.01. The number of ether oxygens (including phenoxy) is 2. The number of hydrogen-bond acceptors (Lipinski definition) is 9. The minimum absolute atomic E-state index is 0.0245. The maximum atomic E-state index is 13.2. The summed E-state index contributed by atoms with van der Waals surface area (Å²) in [5, 5.41) is 19.7. The molecule has 2 aliphatic rings. The van der Waals surface area contributed by atoms with E-state index in [1.165, 1.54) is 30.3 Å². The summed E-state index contributed by atoms with van der Waals surface area (Å²) in [5.41, 5.74) is 1.73. The molecular formula is C40H24N2O10. The van der Waals surface area contributed by atoms with Crippen molar-refractivity contribution in [3.63, 3.8) is 0 Å². The van der Waals surface area contributed by atoms with Crippen LogP contribution in [-0.4, -0.2) is 40.0 Å². The number of anilines is 2. The summed E-state index contributed by atoms with van der Waals surface area (Å²) in [6.45, 7) is -0.119. The van der Waals surface area contributed by atoms with E-state index in [0.29, 0.717) is 39.9 Å². The van der Waals surface area contributed by atoms with Gasteiger partial charge >= 0.3 is 5.97 Å². The Morgan fingerprint density at radius 1 is 0.558 bits per heavy atom. The molecule has 0 aromatic heterocycles. The van der Waals surface area contributed by atoms with Crippen molar-refractivity contribution in [2.24, 2.45) is 0 Å². The van der Waals surface area contributed by atoms with E-state index in [1.54, 1.807) is 60.7 Å².